The zero-order chi connectivity index (χ0) is 20.5. The third-order valence-corrected chi connectivity index (χ3v) is 4.39. The molecule has 3 heterocycles. The van der Waals surface area contributed by atoms with E-state index < -0.39 is 0 Å². The van der Waals surface area contributed by atoms with Crippen molar-refractivity contribution < 1.29 is 13.9 Å². The summed E-state index contributed by atoms with van der Waals surface area (Å²) in [6, 6.07) is 7.77. The summed E-state index contributed by atoms with van der Waals surface area (Å²) >= 11 is 0. The number of ether oxygens (including phenoxy) is 2. The molecule has 1 aliphatic rings. The number of nitrogens with one attached hydrogen (secondary N) is 2. The van der Waals surface area contributed by atoms with Gasteiger partial charge in [-0.1, -0.05) is 6.07 Å². The molecule has 0 radical (unpaired) electrons. The Kier molecular flexibility index (Phi) is 9.90. The maximum absolute atomic E-state index is 5.77. The first kappa shape index (κ1) is 24.5. The zero-order valence-corrected chi connectivity index (χ0v) is 20.3. The standard InChI is InChI=1S/C22H32N4O3.HI/c1-22(2,3)29-20-9-8-17(14-24-20)15-25-21(26-16-19-7-5-13-28-19)23-11-10-18-6-4-12-27-18;/h4,6,8-9,12,14,19H,5,7,10-11,13,15-16H2,1-3H3,(H2,23,25,26);1H. The molecule has 2 N–H and O–H groups in total. The van der Waals surface area contributed by atoms with Crippen molar-refractivity contribution in [2.45, 2.75) is 58.3 Å². The summed E-state index contributed by atoms with van der Waals surface area (Å²) in [6.07, 6.45) is 6.77. The van der Waals surface area contributed by atoms with E-state index >= 15 is 0 Å². The van der Waals surface area contributed by atoms with Gasteiger partial charge in [-0.15, -0.1) is 24.0 Å². The minimum Gasteiger partial charge on any atom is -0.472 e. The van der Waals surface area contributed by atoms with E-state index in [9.17, 15) is 0 Å². The first-order valence-corrected chi connectivity index (χ1v) is 10.3. The monoisotopic (exact) mass is 528 g/mol. The van der Waals surface area contributed by atoms with Crippen LogP contribution in [-0.4, -0.2) is 42.3 Å². The first-order valence-electron chi connectivity index (χ1n) is 10.3. The summed E-state index contributed by atoms with van der Waals surface area (Å²) in [5.74, 6) is 2.34. The molecule has 0 aromatic carbocycles. The predicted octanol–water partition coefficient (Wildman–Crippen LogP) is 3.93. The lowest BCUT2D eigenvalue weighted by Gasteiger charge is -2.20. The topological polar surface area (TPSA) is 80.9 Å². The number of hydrogen-bond acceptors (Lipinski definition) is 5. The Balaban J connectivity index is 0.00000320. The molecule has 1 unspecified atom stereocenters. The minimum absolute atomic E-state index is 0. The third-order valence-electron chi connectivity index (χ3n) is 4.39. The van der Waals surface area contributed by atoms with Gasteiger partial charge in [-0.25, -0.2) is 9.98 Å². The van der Waals surface area contributed by atoms with Crippen LogP contribution in [-0.2, 0) is 17.7 Å². The van der Waals surface area contributed by atoms with Gasteiger partial charge in [0.05, 0.1) is 18.9 Å². The lowest BCUT2D eigenvalue weighted by molar-refractivity contribution is 0.113. The summed E-state index contributed by atoms with van der Waals surface area (Å²) in [5, 5.41) is 6.77. The molecule has 1 aliphatic heterocycles. The van der Waals surface area contributed by atoms with E-state index in [2.05, 4.69) is 15.6 Å². The van der Waals surface area contributed by atoms with Crippen molar-refractivity contribution in [2.75, 3.05) is 19.7 Å². The van der Waals surface area contributed by atoms with Crippen molar-refractivity contribution in [1.82, 2.24) is 15.6 Å². The number of hydrogen-bond donors (Lipinski definition) is 2. The molecule has 1 atom stereocenters. The van der Waals surface area contributed by atoms with E-state index in [1.807, 2.05) is 51.2 Å². The molecule has 0 aliphatic carbocycles. The van der Waals surface area contributed by atoms with Gasteiger partial charge in [-0.05, 0) is 51.3 Å². The van der Waals surface area contributed by atoms with Gasteiger partial charge in [0, 0.05) is 38.4 Å². The second-order valence-electron chi connectivity index (χ2n) is 8.16. The quantitative estimate of drug-likeness (QED) is 0.307. The normalized spacial score (nSPS) is 16.8. The Morgan fingerprint density at radius 2 is 2.13 bits per heavy atom. The van der Waals surface area contributed by atoms with Crippen LogP contribution in [0.3, 0.4) is 0 Å². The number of halogens is 1. The van der Waals surface area contributed by atoms with Gasteiger partial charge in [-0.3, -0.25) is 0 Å². The molecule has 2 aromatic heterocycles. The van der Waals surface area contributed by atoms with Crippen molar-refractivity contribution in [2.24, 2.45) is 4.99 Å². The SMILES string of the molecule is CC(C)(C)Oc1ccc(CN=C(NCCc2ccco2)NCC2CCCO2)cn1.I. The molecule has 0 spiro atoms. The molecule has 1 fully saturated rings. The molecule has 0 amide bonds. The lowest BCUT2D eigenvalue weighted by Crippen LogP contribution is -2.41. The fourth-order valence-electron chi connectivity index (χ4n) is 3.00. The molecule has 0 saturated carbocycles. The highest BCUT2D eigenvalue weighted by Gasteiger charge is 2.16. The van der Waals surface area contributed by atoms with Gasteiger partial charge in [0.25, 0.3) is 0 Å². The van der Waals surface area contributed by atoms with E-state index in [1.54, 1.807) is 6.26 Å². The molecule has 8 heteroatoms. The van der Waals surface area contributed by atoms with Gasteiger partial charge in [0.1, 0.15) is 11.4 Å². The van der Waals surface area contributed by atoms with Crippen molar-refractivity contribution in [1.29, 1.82) is 0 Å². The number of furan rings is 1. The van der Waals surface area contributed by atoms with Crippen molar-refractivity contribution in [3.63, 3.8) is 0 Å². The van der Waals surface area contributed by atoms with Crippen LogP contribution in [0.15, 0.2) is 46.1 Å². The average Bonchev–Trinajstić information content (AvgIpc) is 3.37. The summed E-state index contributed by atoms with van der Waals surface area (Å²) in [7, 11) is 0. The maximum atomic E-state index is 5.77. The van der Waals surface area contributed by atoms with Gasteiger partial charge in [0.15, 0.2) is 5.96 Å². The van der Waals surface area contributed by atoms with Crippen LogP contribution in [0.5, 0.6) is 5.88 Å². The molecular formula is C22H33IN4O3. The van der Waals surface area contributed by atoms with E-state index in [1.165, 1.54) is 0 Å². The third kappa shape index (κ3) is 8.91. The Morgan fingerprint density at radius 1 is 1.27 bits per heavy atom. The molecule has 1 saturated heterocycles. The van der Waals surface area contributed by atoms with Gasteiger partial charge in [-0.2, -0.15) is 0 Å². The van der Waals surface area contributed by atoms with Crippen LogP contribution in [0.4, 0.5) is 0 Å². The molecule has 2 aromatic rings. The number of guanidine groups is 1. The fraction of sp³-hybridized carbons (Fsp3) is 0.545. The lowest BCUT2D eigenvalue weighted by atomic mass is 10.2. The highest BCUT2D eigenvalue weighted by Crippen LogP contribution is 2.15. The molecule has 3 rings (SSSR count). The summed E-state index contributed by atoms with van der Waals surface area (Å²) in [4.78, 5) is 9.09. The van der Waals surface area contributed by atoms with E-state index in [0.717, 1.165) is 56.2 Å². The minimum atomic E-state index is -0.260. The first-order chi connectivity index (χ1) is 14.0. The molecule has 7 nitrogen and oxygen atoms in total. The van der Waals surface area contributed by atoms with Gasteiger partial charge < -0.3 is 24.5 Å². The van der Waals surface area contributed by atoms with Crippen LogP contribution >= 0.6 is 24.0 Å². The van der Waals surface area contributed by atoms with Crippen molar-refractivity contribution >= 4 is 29.9 Å². The highest BCUT2D eigenvalue weighted by molar-refractivity contribution is 14.0. The average molecular weight is 528 g/mol. The molecule has 0 bridgehead atoms. The summed E-state index contributed by atoms with van der Waals surface area (Å²) in [5.41, 5.74) is 0.764. The van der Waals surface area contributed by atoms with Crippen LogP contribution in [0.1, 0.15) is 44.9 Å². The van der Waals surface area contributed by atoms with Crippen molar-refractivity contribution in [3.8, 4) is 5.88 Å². The molecule has 30 heavy (non-hydrogen) atoms. The fourth-order valence-corrected chi connectivity index (χ4v) is 3.00. The van der Waals surface area contributed by atoms with Crippen LogP contribution in [0, 0.1) is 0 Å². The molecule has 166 valence electrons. The summed E-state index contributed by atoms with van der Waals surface area (Å²) in [6.45, 7) is 8.89. The second-order valence-corrected chi connectivity index (χ2v) is 8.16. The number of pyridine rings is 1. The highest BCUT2D eigenvalue weighted by atomic mass is 127. The largest absolute Gasteiger partial charge is 0.472 e. The maximum Gasteiger partial charge on any atom is 0.213 e. The predicted molar refractivity (Wildman–Crippen MR) is 129 cm³/mol. The van der Waals surface area contributed by atoms with Crippen LogP contribution in [0.2, 0.25) is 0 Å². The van der Waals surface area contributed by atoms with E-state index in [0.29, 0.717) is 12.4 Å². The Hall–Kier alpha value is -1.81. The number of aromatic nitrogens is 1. The molecular weight excluding hydrogens is 495 g/mol. The van der Waals surface area contributed by atoms with Crippen LogP contribution < -0.4 is 15.4 Å². The zero-order valence-electron chi connectivity index (χ0n) is 18.0. The number of rotatable bonds is 8. The smallest absolute Gasteiger partial charge is 0.213 e. The van der Waals surface area contributed by atoms with E-state index in [-0.39, 0.29) is 35.7 Å². The Morgan fingerprint density at radius 3 is 2.77 bits per heavy atom. The Bertz CT molecular complexity index is 752. The second kappa shape index (κ2) is 12.1. The van der Waals surface area contributed by atoms with Gasteiger partial charge in [0.2, 0.25) is 5.88 Å². The number of nitrogens with zero attached hydrogens (tertiary/aromatic N) is 2. The van der Waals surface area contributed by atoms with E-state index in [4.69, 9.17) is 18.9 Å². The van der Waals surface area contributed by atoms with Crippen LogP contribution in [0.25, 0.3) is 0 Å². The summed E-state index contributed by atoms with van der Waals surface area (Å²) < 4.78 is 16.9. The Labute approximate surface area is 196 Å². The van der Waals surface area contributed by atoms with Gasteiger partial charge >= 0.3 is 0 Å². The number of aliphatic imine (C=N–C) groups is 1. The van der Waals surface area contributed by atoms with Crippen molar-refractivity contribution in [3.05, 3.63) is 48.0 Å².